The van der Waals surface area contributed by atoms with Crippen LogP contribution in [0.3, 0.4) is 0 Å². The summed E-state index contributed by atoms with van der Waals surface area (Å²) in [5.74, 6) is -0.694. The Kier molecular flexibility index (Phi) is 7.44. The number of hydrogen-bond acceptors (Lipinski definition) is 2. The smallest absolute Gasteiger partial charge is 0.307 e. The zero-order chi connectivity index (χ0) is 15.8. The second kappa shape index (κ2) is 8.83. The zero-order valence-electron chi connectivity index (χ0n) is 13.6. The number of rotatable bonds is 9. The Morgan fingerprint density at radius 3 is 2.62 bits per heavy atom. The van der Waals surface area contributed by atoms with Crippen molar-refractivity contribution in [3.63, 3.8) is 0 Å². The van der Waals surface area contributed by atoms with Crippen molar-refractivity contribution in [1.29, 1.82) is 0 Å². The van der Waals surface area contributed by atoms with E-state index < -0.39 is 11.9 Å². The first-order valence-corrected chi connectivity index (χ1v) is 7.97. The number of aryl methyl sites for hydroxylation is 2. The standard InChI is InChI=1S/C18H29NO2/c1-4-15(11-17(12-19)18(20)21)8-6-10-16-9-5-7-13(2)14(16)3/h5,7,9,15,17H,4,6,8,10-12,19H2,1-3H3,(H,20,21). The molecule has 0 aliphatic rings. The van der Waals surface area contributed by atoms with Crippen molar-refractivity contribution in [2.24, 2.45) is 17.6 Å². The van der Waals surface area contributed by atoms with Gasteiger partial charge in [0, 0.05) is 6.54 Å². The summed E-state index contributed by atoms with van der Waals surface area (Å²) in [6, 6.07) is 6.46. The minimum absolute atomic E-state index is 0.239. The molecule has 0 bridgehead atoms. The molecule has 0 aliphatic heterocycles. The fraction of sp³-hybridized carbons (Fsp3) is 0.611. The first kappa shape index (κ1) is 17.7. The van der Waals surface area contributed by atoms with Crippen LogP contribution in [0.15, 0.2) is 18.2 Å². The van der Waals surface area contributed by atoms with E-state index in [9.17, 15) is 4.79 Å². The molecule has 0 aliphatic carbocycles. The Hall–Kier alpha value is -1.35. The van der Waals surface area contributed by atoms with Crippen LogP contribution in [0.4, 0.5) is 0 Å². The van der Waals surface area contributed by atoms with E-state index in [-0.39, 0.29) is 6.54 Å². The molecular formula is C18H29NO2. The molecule has 0 amide bonds. The number of hydrogen-bond donors (Lipinski definition) is 2. The fourth-order valence-corrected chi connectivity index (χ4v) is 2.85. The summed E-state index contributed by atoms with van der Waals surface area (Å²) >= 11 is 0. The maximum absolute atomic E-state index is 11.1. The first-order valence-electron chi connectivity index (χ1n) is 7.97. The summed E-state index contributed by atoms with van der Waals surface area (Å²) in [7, 11) is 0. The van der Waals surface area contributed by atoms with Gasteiger partial charge >= 0.3 is 5.97 Å². The summed E-state index contributed by atoms with van der Waals surface area (Å²) in [4.78, 5) is 11.1. The number of benzene rings is 1. The Balaban J connectivity index is 2.48. The molecule has 0 saturated carbocycles. The number of carboxylic acids is 1. The average molecular weight is 291 g/mol. The van der Waals surface area contributed by atoms with Crippen molar-refractivity contribution in [2.45, 2.75) is 52.9 Å². The summed E-state index contributed by atoms with van der Waals surface area (Å²) in [6.07, 6.45) is 4.99. The summed E-state index contributed by atoms with van der Waals surface area (Å²) in [5.41, 5.74) is 9.69. The van der Waals surface area contributed by atoms with Gasteiger partial charge in [-0.15, -0.1) is 0 Å². The molecule has 0 aromatic heterocycles. The number of carbonyl (C=O) groups is 1. The Bertz CT molecular complexity index is 457. The van der Waals surface area contributed by atoms with Crippen molar-refractivity contribution in [3.05, 3.63) is 34.9 Å². The van der Waals surface area contributed by atoms with Gasteiger partial charge in [-0.1, -0.05) is 38.0 Å². The van der Waals surface area contributed by atoms with Crippen molar-refractivity contribution >= 4 is 5.97 Å². The third kappa shape index (κ3) is 5.50. The van der Waals surface area contributed by atoms with Crippen LogP contribution in [0.25, 0.3) is 0 Å². The lowest BCUT2D eigenvalue weighted by atomic mass is 9.87. The predicted octanol–water partition coefficient (Wildman–Crippen LogP) is 3.70. The lowest BCUT2D eigenvalue weighted by molar-refractivity contribution is -0.142. The van der Waals surface area contributed by atoms with E-state index in [1.807, 2.05) is 0 Å². The second-order valence-electron chi connectivity index (χ2n) is 6.03. The van der Waals surface area contributed by atoms with Crippen LogP contribution < -0.4 is 5.73 Å². The third-order valence-corrected chi connectivity index (χ3v) is 4.60. The Morgan fingerprint density at radius 2 is 2.05 bits per heavy atom. The van der Waals surface area contributed by atoms with Crippen LogP contribution in [-0.2, 0) is 11.2 Å². The second-order valence-corrected chi connectivity index (χ2v) is 6.03. The van der Waals surface area contributed by atoms with Crippen molar-refractivity contribution in [2.75, 3.05) is 6.54 Å². The molecule has 1 aromatic rings. The molecule has 3 N–H and O–H groups in total. The predicted molar refractivity (Wildman–Crippen MR) is 87.4 cm³/mol. The lowest BCUT2D eigenvalue weighted by Gasteiger charge is -2.19. The SMILES string of the molecule is CCC(CCCc1cccc(C)c1C)CC(CN)C(=O)O. The summed E-state index contributed by atoms with van der Waals surface area (Å²) < 4.78 is 0. The van der Waals surface area contributed by atoms with Crippen LogP contribution in [-0.4, -0.2) is 17.6 Å². The van der Waals surface area contributed by atoms with Gasteiger partial charge < -0.3 is 10.8 Å². The first-order chi connectivity index (χ1) is 9.99. The van der Waals surface area contributed by atoms with Gasteiger partial charge in [0.05, 0.1) is 5.92 Å². The van der Waals surface area contributed by atoms with Crippen molar-refractivity contribution in [1.82, 2.24) is 0 Å². The molecule has 0 heterocycles. The monoisotopic (exact) mass is 291 g/mol. The molecule has 0 radical (unpaired) electrons. The van der Waals surface area contributed by atoms with Gasteiger partial charge in [-0.2, -0.15) is 0 Å². The highest BCUT2D eigenvalue weighted by atomic mass is 16.4. The van der Waals surface area contributed by atoms with E-state index in [0.717, 1.165) is 25.7 Å². The highest BCUT2D eigenvalue weighted by Gasteiger charge is 2.20. The third-order valence-electron chi connectivity index (χ3n) is 4.60. The largest absolute Gasteiger partial charge is 0.481 e. The minimum Gasteiger partial charge on any atom is -0.481 e. The molecule has 1 aromatic carbocycles. The van der Waals surface area contributed by atoms with Gasteiger partial charge in [0.1, 0.15) is 0 Å². The molecule has 118 valence electrons. The number of carboxylic acid groups (broad SMARTS) is 1. The van der Waals surface area contributed by atoms with Crippen LogP contribution in [0.1, 0.15) is 49.3 Å². The van der Waals surface area contributed by atoms with Gasteiger partial charge in [-0.05, 0) is 55.7 Å². The average Bonchev–Trinajstić information content (AvgIpc) is 2.46. The normalized spacial score (nSPS) is 13.9. The zero-order valence-corrected chi connectivity index (χ0v) is 13.6. The molecule has 0 saturated heterocycles. The topological polar surface area (TPSA) is 63.3 Å². The molecule has 0 spiro atoms. The van der Waals surface area contributed by atoms with E-state index in [1.54, 1.807) is 0 Å². The van der Waals surface area contributed by atoms with Crippen molar-refractivity contribution in [3.8, 4) is 0 Å². The Labute approximate surface area is 128 Å². The summed E-state index contributed by atoms with van der Waals surface area (Å²) in [6.45, 7) is 6.70. The van der Waals surface area contributed by atoms with Gasteiger partial charge in [0.15, 0.2) is 0 Å². The van der Waals surface area contributed by atoms with Crippen LogP contribution in [0, 0.1) is 25.7 Å². The van der Waals surface area contributed by atoms with Crippen LogP contribution in [0.5, 0.6) is 0 Å². The van der Waals surface area contributed by atoms with Crippen molar-refractivity contribution < 1.29 is 9.90 Å². The van der Waals surface area contributed by atoms with Gasteiger partial charge in [0.25, 0.3) is 0 Å². The Morgan fingerprint density at radius 1 is 1.33 bits per heavy atom. The lowest BCUT2D eigenvalue weighted by Crippen LogP contribution is -2.25. The van der Waals surface area contributed by atoms with E-state index >= 15 is 0 Å². The highest BCUT2D eigenvalue weighted by Crippen LogP contribution is 2.23. The number of nitrogens with two attached hydrogens (primary N) is 1. The quantitative estimate of drug-likeness (QED) is 0.729. The van der Waals surface area contributed by atoms with E-state index in [4.69, 9.17) is 10.8 Å². The van der Waals surface area contributed by atoms with E-state index in [1.165, 1.54) is 16.7 Å². The van der Waals surface area contributed by atoms with Gasteiger partial charge in [-0.3, -0.25) is 4.79 Å². The number of aliphatic carboxylic acids is 1. The maximum Gasteiger partial charge on any atom is 0.307 e. The molecule has 3 heteroatoms. The molecule has 3 nitrogen and oxygen atoms in total. The minimum atomic E-state index is -0.759. The van der Waals surface area contributed by atoms with Crippen LogP contribution in [0.2, 0.25) is 0 Å². The van der Waals surface area contributed by atoms with Crippen LogP contribution >= 0.6 is 0 Å². The van der Waals surface area contributed by atoms with E-state index in [0.29, 0.717) is 12.3 Å². The van der Waals surface area contributed by atoms with E-state index in [2.05, 4.69) is 39.0 Å². The molecule has 2 unspecified atom stereocenters. The molecule has 2 atom stereocenters. The molecular weight excluding hydrogens is 262 g/mol. The molecule has 1 rings (SSSR count). The maximum atomic E-state index is 11.1. The molecule has 21 heavy (non-hydrogen) atoms. The van der Waals surface area contributed by atoms with Gasteiger partial charge in [0.2, 0.25) is 0 Å². The summed E-state index contributed by atoms with van der Waals surface area (Å²) in [5, 5.41) is 9.11. The molecule has 0 fully saturated rings. The highest BCUT2D eigenvalue weighted by molar-refractivity contribution is 5.70. The fourth-order valence-electron chi connectivity index (χ4n) is 2.85. The van der Waals surface area contributed by atoms with Gasteiger partial charge in [-0.25, -0.2) is 0 Å².